The Bertz CT molecular complexity index is 1150. The first kappa shape index (κ1) is 21.6. The van der Waals surface area contributed by atoms with E-state index in [0.717, 1.165) is 31.1 Å². The van der Waals surface area contributed by atoms with Crippen molar-refractivity contribution in [1.29, 1.82) is 0 Å². The van der Waals surface area contributed by atoms with Crippen LogP contribution in [0.1, 0.15) is 32.7 Å². The van der Waals surface area contributed by atoms with Gasteiger partial charge < -0.3 is 15.0 Å². The molecule has 3 aromatic rings. The molecular formula is C21H25N5O3S2. The molecule has 2 aromatic heterocycles. The average Bonchev–Trinajstić information content (AvgIpc) is 3.42. The van der Waals surface area contributed by atoms with Gasteiger partial charge in [-0.3, -0.25) is 14.2 Å². The molecule has 1 aliphatic heterocycles. The van der Waals surface area contributed by atoms with Gasteiger partial charge in [0.1, 0.15) is 10.4 Å². The van der Waals surface area contributed by atoms with Gasteiger partial charge in [0.15, 0.2) is 15.9 Å². The molecule has 0 radical (unpaired) electrons. The van der Waals surface area contributed by atoms with Gasteiger partial charge >= 0.3 is 0 Å². The Hall–Kier alpha value is -2.59. The fraction of sp³-hybridized carbons (Fsp3) is 0.429. The van der Waals surface area contributed by atoms with Crippen LogP contribution in [0.5, 0.6) is 5.75 Å². The maximum atomic E-state index is 13.2. The molecule has 8 nitrogen and oxygen atoms in total. The highest BCUT2D eigenvalue weighted by Gasteiger charge is 2.22. The molecule has 1 aromatic carbocycles. The number of para-hydroxylation sites is 2. The summed E-state index contributed by atoms with van der Waals surface area (Å²) in [5.41, 5.74) is 0.965. The van der Waals surface area contributed by atoms with Crippen molar-refractivity contribution in [3.63, 3.8) is 0 Å². The second-order valence-corrected chi connectivity index (χ2v) is 9.46. The lowest BCUT2D eigenvalue weighted by Gasteiger charge is -2.15. The van der Waals surface area contributed by atoms with Gasteiger partial charge in [-0.15, -0.1) is 0 Å². The molecule has 3 heterocycles. The zero-order valence-corrected chi connectivity index (χ0v) is 19.4. The van der Waals surface area contributed by atoms with Crippen LogP contribution in [-0.4, -0.2) is 46.4 Å². The van der Waals surface area contributed by atoms with Gasteiger partial charge in [-0.25, -0.2) is 4.98 Å². The summed E-state index contributed by atoms with van der Waals surface area (Å²) in [7, 11) is 1.56. The summed E-state index contributed by atoms with van der Waals surface area (Å²) in [6.07, 6.45) is 2.28. The number of rotatable bonds is 7. The number of nitrogens with one attached hydrogen (secondary N) is 1. The molecule has 1 aliphatic rings. The zero-order chi connectivity index (χ0) is 22.0. The van der Waals surface area contributed by atoms with E-state index in [1.165, 1.54) is 23.1 Å². The summed E-state index contributed by atoms with van der Waals surface area (Å²) < 4.78 is 7.49. The highest BCUT2D eigenvalue weighted by molar-refractivity contribution is 7.99. The Morgan fingerprint density at radius 3 is 2.71 bits per heavy atom. The standard InChI is InChI=1S/C21H25N5O3S2/c1-13(2)26-19(28)17-18(23-20(31-17)25-10-6-7-11-25)24-21(26)30-12-16(27)22-14-8-4-5-9-15(14)29-3/h4-5,8-9,13H,6-7,10-12H2,1-3H3,(H,22,27). The van der Waals surface area contributed by atoms with Crippen molar-refractivity contribution in [2.45, 2.75) is 37.9 Å². The number of hydrogen-bond acceptors (Lipinski definition) is 8. The van der Waals surface area contributed by atoms with E-state index in [2.05, 4.69) is 20.2 Å². The maximum absolute atomic E-state index is 13.2. The van der Waals surface area contributed by atoms with E-state index in [1.807, 2.05) is 26.0 Å². The van der Waals surface area contributed by atoms with Gasteiger partial charge in [0.25, 0.3) is 5.56 Å². The van der Waals surface area contributed by atoms with Crippen LogP contribution in [0.2, 0.25) is 0 Å². The van der Waals surface area contributed by atoms with Crippen LogP contribution in [0.3, 0.4) is 0 Å². The van der Waals surface area contributed by atoms with E-state index in [1.54, 1.807) is 23.8 Å². The summed E-state index contributed by atoms with van der Waals surface area (Å²) in [4.78, 5) is 37.2. The van der Waals surface area contributed by atoms with Crippen LogP contribution in [0.4, 0.5) is 10.8 Å². The van der Waals surface area contributed by atoms with Crippen LogP contribution in [0, 0.1) is 0 Å². The summed E-state index contributed by atoms with van der Waals surface area (Å²) in [6, 6.07) is 7.16. The lowest BCUT2D eigenvalue weighted by molar-refractivity contribution is -0.113. The van der Waals surface area contributed by atoms with Gasteiger partial charge in [-0.1, -0.05) is 35.2 Å². The summed E-state index contributed by atoms with van der Waals surface area (Å²) in [5.74, 6) is 0.512. The predicted molar refractivity (Wildman–Crippen MR) is 126 cm³/mol. The van der Waals surface area contributed by atoms with E-state index in [4.69, 9.17) is 4.74 Å². The minimum absolute atomic E-state index is 0.0819. The zero-order valence-electron chi connectivity index (χ0n) is 17.8. The first-order valence-corrected chi connectivity index (χ1v) is 12.0. The normalized spacial score (nSPS) is 13.9. The third-order valence-electron chi connectivity index (χ3n) is 5.03. The lowest BCUT2D eigenvalue weighted by Crippen LogP contribution is -2.25. The Morgan fingerprint density at radius 2 is 2.00 bits per heavy atom. The second-order valence-electron chi connectivity index (χ2n) is 7.54. The molecule has 4 rings (SSSR count). The van der Waals surface area contributed by atoms with Crippen LogP contribution in [0.15, 0.2) is 34.2 Å². The van der Waals surface area contributed by atoms with Crippen molar-refractivity contribution in [3.8, 4) is 5.75 Å². The van der Waals surface area contributed by atoms with E-state index in [9.17, 15) is 9.59 Å². The first-order chi connectivity index (χ1) is 15.0. The molecule has 0 aliphatic carbocycles. The van der Waals surface area contributed by atoms with Crippen LogP contribution in [0.25, 0.3) is 10.3 Å². The SMILES string of the molecule is COc1ccccc1NC(=O)CSc1nc2nc(N3CCCC3)sc2c(=O)n1C(C)C. The number of carbonyl (C=O) groups is 1. The number of carbonyl (C=O) groups excluding carboxylic acids is 1. The molecule has 1 amide bonds. The molecule has 10 heteroatoms. The highest BCUT2D eigenvalue weighted by atomic mass is 32.2. The number of hydrogen-bond donors (Lipinski definition) is 1. The van der Waals surface area contributed by atoms with Crippen LogP contribution in [-0.2, 0) is 4.79 Å². The molecule has 0 unspecified atom stereocenters. The van der Waals surface area contributed by atoms with Crippen molar-refractivity contribution >= 4 is 50.2 Å². The molecule has 0 spiro atoms. The number of methoxy groups -OCH3 is 1. The second kappa shape index (κ2) is 9.27. The van der Waals surface area contributed by atoms with Crippen LogP contribution >= 0.6 is 23.1 Å². The van der Waals surface area contributed by atoms with Crippen molar-refractivity contribution in [1.82, 2.24) is 14.5 Å². The topological polar surface area (TPSA) is 89.3 Å². The van der Waals surface area contributed by atoms with Crippen molar-refractivity contribution in [3.05, 3.63) is 34.6 Å². The minimum Gasteiger partial charge on any atom is -0.495 e. The minimum atomic E-state index is -0.199. The first-order valence-electron chi connectivity index (χ1n) is 10.2. The van der Waals surface area contributed by atoms with Gasteiger partial charge in [-0.05, 0) is 38.8 Å². The molecule has 31 heavy (non-hydrogen) atoms. The van der Waals surface area contributed by atoms with Gasteiger partial charge in [0.2, 0.25) is 5.91 Å². The number of thiazole rings is 1. The predicted octanol–water partition coefficient (Wildman–Crippen LogP) is 3.77. The number of anilines is 2. The third kappa shape index (κ3) is 4.54. The smallest absolute Gasteiger partial charge is 0.274 e. The number of amides is 1. The number of fused-ring (bicyclic) bond motifs is 1. The van der Waals surface area contributed by atoms with Crippen molar-refractivity contribution in [2.75, 3.05) is 36.2 Å². The molecular weight excluding hydrogens is 434 g/mol. The Labute approximate surface area is 188 Å². The number of nitrogens with zero attached hydrogens (tertiary/aromatic N) is 4. The Kier molecular flexibility index (Phi) is 6.47. The molecule has 0 atom stereocenters. The Balaban J connectivity index is 1.58. The maximum Gasteiger partial charge on any atom is 0.274 e. The molecule has 1 fully saturated rings. The molecule has 0 saturated carbocycles. The van der Waals surface area contributed by atoms with Crippen molar-refractivity contribution < 1.29 is 9.53 Å². The number of aromatic nitrogens is 3. The van der Waals surface area contributed by atoms with Crippen LogP contribution < -0.4 is 20.5 Å². The monoisotopic (exact) mass is 459 g/mol. The quantitative estimate of drug-likeness (QED) is 0.425. The fourth-order valence-corrected chi connectivity index (χ4v) is 5.43. The Morgan fingerprint density at radius 1 is 1.26 bits per heavy atom. The number of benzene rings is 1. The van der Waals surface area contributed by atoms with Crippen molar-refractivity contribution in [2.24, 2.45) is 0 Å². The molecule has 0 bridgehead atoms. The summed E-state index contributed by atoms with van der Waals surface area (Å²) in [5, 5.41) is 4.20. The third-order valence-corrected chi connectivity index (χ3v) is 7.07. The van der Waals surface area contributed by atoms with Gasteiger partial charge in [0.05, 0.1) is 18.6 Å². The summed E-state index contributed by atoms with van der Waals surface area (Å²) in [6.45, 7) is 5.80. The summed E-state index contributed by atoms with van der Waals surface area (Å²) >= 11 is 2.64. The number of thioether (sulfide) groups is 1. The lowest BCUT2D eigenvalue weighted by atomic mass is 10.3. The fourth-order valence-electron chi connectivity index (χ4n) is 3.52. The number of ether oxygens (including phenoxy) is 1. The van der Waals surface area contributed by atoms with E-state index < -0.39 is 0 Å². The van der Waals surface area contributed by atoms with E-state index in [0.29, 0.717) is 26.9 Å². The van der Waals surface area contributed by atoms with Gasteiger partial charge in [-0.2, -0.15) is 4.98 Å². The highest BCUT2D eigenvalue weighted by Crippen LogP contribution is 2.30. The van der Waals surface area contributed by atoms with Gasteiger partial charge in [0, 0.05) is 19.1 Å². The van der Waals surface area contributed by atoms with E-state index in [-0.39, 0.29) is 23.3 Å². The average molecular weight is 460 g/mol. The largest absolute Gasteiger partial charge is 0.495 e. The van der Waals surface area contributed by atoms with E-state index >= 15 is 0 Å². The molecule has 1 saturated heterocycles. The molecule has 1 N–H and O–H groups in total. The molecule has 164 valence electrons.